The minimum absolute atomic E-state index is 0.0406. The Balaban J connectivity index is 1.95. The maximum absolute atomic E-state index is 12.6. The van der Waals surface area contributed by atoms with Crippen molar-refractivity contribution in [2.45, 2.75) is 39.0 Å². The lowest BCUT2D eigenvalue weighted by atomic mass is 10.2. The van der Waals surface area contributed by atoms with E-state index in [4.69, 9.17) is 10.5 Å². The van der Waals surface area contributed by atoms with Gasteiger partial charge in [-0.15, -0.1) is 0 Å². The molecule has 0 bridgehead atoms. The zero-order valence-corrected chi connectivity index (χ0v) is 14.7. The lowest BCUT2D eigenvalue weighted by molar-refractivity contribution is -0.0505. The molecule has 6 nitrogen and oxygen atoms in total. The fourth-order valence-corrected chi connectivity index (χ4v) is 2.99. The number of benzene rings is 1. The van der Waals surface area contributed by atoms with Crippen LogP contribution in [-0.2, 0) is 6.54 Å². The van der Waals surface area contributed by atoms with Crippen molar-refractivity contribution in [1.82, 2.24) is 10.2 Å². The van der Waals surface area contributed by atoms with E-state index in [9.17, 15) is 8.78 Å². The maximum atomic E-state index is 12.6. The van der Waals surface area contributed by atoms with Gasteiger partial charge in [0.2, 0.25) is 0 Å². The molecule has 0 aliphatic carbocycles. The Bertz CT molecular complexity index is 584. The Hall–Kier alpha value is -2.09. The number of alkyl halides is 2. The SMILES string of the molecule is CCN1CCCC1CNC(N)=NCc1ccc(OC)cc1OC(F)F. The quantitative estimate of drug-likeness (QED) is 0.552. The predicted octanol–water partition coefficient (Wildman–Crippen LogP) is 2.19. The third kappa shape index (κ3) is 5.74. The standard InChI is InChI=1S/C17H26F2N4O2/c1-3-23-8-4-5-13(23)11-22-17(20)21-10-12-6-7-14(24-2)9-15(12)25-16(18)19/h6-7,9,13,16H,3-5,8,10-11H2,1-2H3,(H3,20,21,22). The summed E-state index contributed by atoms with van der Waals surface area (Å²) in [5.74, 6) is 0.774. The average molecular weight is 356 g/mol. The first-order valence-corrected chi connectivity index (χ1v) is 8.43. The molecule has 0 radical (unpaired) electrons. The fourth-order valence-electron chi connectivity index (χ4n) is 2.99. The summed E-state index contributed by atoms with van der Waals surface area (Å²) in [6, 6.07) is 5.18. The van der Waals surface area contributed by atoms with Crippen LogP contribution in [0.5, 0.6) is 11.5 Å². The van der Waals surface area contributed by atoms with Gasteiger partial charge in [-0.05, 0) is 38.1 Å². The third-order valence-corrected chi connectivity index (χ3v) is 4.33. The highest BCUT2D eigenvalue weighted by molar-refractivity contribution is 5.77. The highest BCUT2D eigenvalue weighted by Crippen LogP contribution is 2.27. The van der Waals surface area contributed by atoms with E-state index in [0.717, 1.165) is 26.1 Å². The van der Waals surface area contributed by atoms with Gasteiger partial charge in [0, 0.05) is 24.2 Å². The second kappa shape index (κ2) is 9.41. The summed E-state index contributed by atoms with van der Waals surface area (Å²) in [5, 5.41) is 3.11. The van der Waals surface area contributed by atoms with Crippen molar-refractivity contribution in [2.75, 3.05) is 26.7 Å². The largest absolute Gasteiger partial charge is 0.497 e. The molecule has 1 aromatic rings. The van der Waals surface area contributed by atoms with Gasteiger partial charge in [-0.3, -0.25) is 4.90 Å². The summed E-state index contributed by atoms with van der Waals surface area (Å²) in [6.45, 7) is 2.24. The smallest absolute Gasteiger partial charge is 0.387 e. The van der Waals surface area contributed by atoms with Crippen LogP contribution >= 0.6 is 0 Å². The number of rotatable bonds is 8. The number of hydrogen-bond acceptors (Lipinski definition) is 4. The number of hydrogen-bond donors (Lipinski definition) is 2. The summed E-state index contributed by atoms with van der Waals surface area (Å²) in [4.78, 5) is 6.63. The first kappa shape index (κ1) is 19.2. The van der Waals surface area contributed by atoms with Crippen molar-refractivity contribution in [3.8, 4) is 11.5 Å². The van der Waals surface area contributed by atoms with Crippen LogP contribution in [-0.4, -0.2) is 50.3 Å². The third-order valence-electron chi connectivity index (χ3n) is 4.33. The van der Waals surface area contributed by atoms with Gasteiger partial charge in [0.05, 0.1) is 13.7 Å². The van der Waals surface area contributed by atoms with Crippen LogP contribution < -0.4 is 20.5 Å². The lowest BCUT2D eigenvalue weighted by Crippen LogP contribution is -2.42. The summed E-state index contributed by atoms with van der Waals surface area (Å²) >= 11 is 0. The molecule has 3 N–H and O–H groups in total. The number of aliphatic imine (C=N–C) groups is 1. The van der Waals surface area contributed by atoms with E-state index in [-0.39, 0.29) is 12.3 Å². The molecule has 0 aromatic heterocycles. The van der Waals surface area contributed by atoms with E-state index >= 15 is 0 Å². The molecule has 1 aliphatic rings. The highest BCUT2D eigenvalue weighted by atomic mass is 19.3. The lowest BCUT2D eigenvalue weighted by Gasteiger charge is -2.23. The number of likely N-dealkylation sites (N-methyl/N-ethyl adjacent to an activating group) is 1. The number of ether oxygens (including phenoxy) is 2. The van der Waals surface area contributed by atoms with Crippen LogP contribution in [0.4, 0.5) is 8.78 Å². The Morgan fingerprint density at radius 3 is 2.96 bits per heavy atom. The van der Waals surface area contributed by atoms with Gasteiger partial charge in [-0.25, -0.2) is 4.99 Å². The molecule has 0 spiro atoms. The van der Waals surface area contributed by atoms with E-state index in [1.165, 1.54) is 19.6 Å². The second-order valence-electron chi connectivity index (χ2n) is 5.86. The molecule has 0 saturated carbocycles. The Labute approximate surface area is 147 Å². The molecule has 0 amide bonds. The molecule has 1 heterocycles. The molecule has 1 saturated heterocycles. The van der Waals surface area contributed by atoms with E-state index in [1.807, 2.05) is 0 Å². The van der Waals surface area contributed by atoms with Crippen molar-refractivity contribution in [3.05, 3.63) is 23.8 Å². The van der Waals surface area contributed by atoms with Crippen LogP contribution in [0.15, 0.2) is 23.2 Å². The molecule has 1 unspecified atom stereocenters. The summed E-state index contributed by atoms with van der Waals surface area (Å²) in [5.41, 5.74) is 6.42. The number of likely N-dealkylation sites (tertiary alicyclic amines) is 1. The number of nitrogens with one attached hydrogen (secondary N) is 1. The molecule has 2 rings (SSSR count). The normalized spacial score (nSPS) is 18.6. The minimum Gasteiger partial charge on any atom is -0.497 e. The fraction of sp³-hybridized carbons (Fsp3) is 0.588. The zero-order valence-electron chi connectivity index (χ0n) is 14.7. The molecule has 1 aromatic carbocycles. The van der Waals surface area contributed by atoms with E-state index in [1.54, 1.807) is 12.1 Å². The van der Waals surface area contributed by atoms with Crippen LogP contribution in [0, 0.1) is 0 Å². The van der Waals surface area contributed by atoms with E-state index in [2.05, 4.69) is 26.9 Å². The predicted molar refractivity (Wildman–Crippen MR) is 93.2 cm³/mol. The van der Waals surface area contributed by atoms with Gasteiger partial charge >= 0.3 is 6.61 Å². The summed E-state index contributed by atoms with van der Waals surface area (Å²) < 4.78 is 34.7. The minimum atomic E-state index is -2.91. The van der Waals surface area contributed by atoms with Gasteiger partial charge < -0.3 is 20.5 Å². The van der Waals surface area contributed by atoms with Crippen molar-refractivity contribution in [2.24, 2.45) is 10.7 Å². The van der Waals surface area contributed by atoms with Crippen molar-refractivity contribution in [3.63, 3.8) is 0 Å². The van der Waals surface area contributed by atoms with Crippen LogP contribution in [0.1, 0.15) is 25.3 Å². The highest BCUT2D eigenvalue weighted by Gasteiger charge is 2.22. The monoisotopic (exact) mass is 356 g/mol. The topological polar surface area (TPSA) is 72.1 Å². The van der Waals surface area contributed by atoms with Crippen molar-refractivity contribution < 1.29 is 18.3 Å². The average Bonchev–Trinajstić information content (AvgIpc) is 3.05. The van der Waals surface area contributed by atoms with Gasteiger partial charge in [0.25, 0.3) is 0 Å². The molecule has 8 heteroatoms. The van der Waals surface area contributed by atoms with Crippen LogP contribution in [0.3, 0.4) is 0 Å². The maximum Gasteiger partial charge on any atom is 0.387 e. The Kier molecular flexibility index (Phi) is 7.24. The number of guanidine groups is 1. The molecule has 1 fully saturated rings. The number of nitrogens with zero attached hydrogens (tertiary/aromatic N) is 2. The number of halogens is 2. The Morgan fingerprint density at radius 2 is 2.28 bits per heavy atom. The Morgan fingerprint density at radius 1 is 1.48 bits per heavy atom. The molecular formula is C17H26F2N4O2. The van der Waals surface area contributed by atoms with Gasteiger partial charge in [0.15, 0.2) is 5.96 Å². The van der Waals surface area contributed by atoms with Gasteiger partial charge in [0.1, 0.15) is 11.5 Å². The van der Waals surface area contributed by atoms with Crippen molar-refractivity contribution in [1.29, 1.82) is 0 Å². The molecular weight excluding hydrogens is 330 g/mol. The van der Waals surface area contributed by atoms with Gasteiger partial charge in [-0.2, -0.15) is 8.78 Å². The van der Waals surface area contributed by atoms with Crippen LogP contribution in [0.25, 0.3) is 0 Å². The van der Waals surface area contributed by atoms with Gasteiger partial charge in [-0.1, -0.05) is 6.92 Å². The zero-order chi connectivity index (χ0) is 18.2. The number of methoxy groups -OCH3 is 1. The summed E-state index contributed by atoms with van der Waals surface area (Å²) in [7, 11) is 1.46. The molecule has 1 aliphatic heterocycles. The van der Waals surface area contributed by atoms with Crippen molar-refractivity contribution >= 4 is 5.96 Å². The first-order chi connectivity index (χ1) is 12.0. The molecule has 25 heavy (non-hydrogen) atoms. The first-order valence-electron chi connectivity index (χ1n) is 8.43. The van der Waals surface area contributed by atoms with Crippen LogP contribution in [0.2, 0.25) is 0 Å². The van der Waals surface area contributed by atoms with E-state index in [0.29, 0.717) is 23.3 Å². The molecule has 140 valence electrons. The summed E-state index contributed by atoms with van der Waals surface area (Å²) in [6.07, 6.45) is 2.33. The van der Waals surface area contributed by atoms with E-state index < -0.39 is 6.61 Å². The number of nitrogens with two attached hydrogens (primary N) is 1. The second-order valence-corrected chi connectivity index (χ2v) is 5.86. The molecule has 1 atom stereocenters.